The van der Waals surface area contributed by atoms with Crippen molar-refractivity contribution >= 4 is 15.9 Å². The van der Waals surface area contributed by atoms with Crippen LogP contribution >= 0.6 is 0 Å². The Labute approximate surface area is 119 Å². The van der Waals surface area contributed by atoms with Gasteiger partial charge in [-0.3, -0.25) is 4.79 Å². The summed E-state index contributed by atoms with van der Waals surface area (Å²) in [6, 6.07) is 1.46. The molecule has 0 saturated heterocycles. The first-order valence-corrected chi connectivity index (χ1v) is 8.41. The Hall–Kier alpha value is -1.34. The zero-order chi connectivity index (χ0) is 14.9. The van der Waals surface area contributed by atoms with Crippen molar-refractivity contribution < 1.29 is 13.2 Å². The Bertz CT molecular complexity index is 602. The number of nitrogens with two attached hydrogens (primary N) is 1. The molecular formula is C13H21N3O3S. The lowest BCUT2D eigenvalue weighted by Crippen LogP contribution is -2.35. The Morgan fingerprint density at radius 3 is 2.70 bits per heavy atom. The maximum Gasteiger partial charge on any atom is 0.268 e. The fourth-order valence-corrected chi connectivity index (χ4v) is 2.80. The second-order valence-corrected chi connectivity index (χ2v) is 6.96. The average Bonchev–Trinajstić information content (AvgIpc) is 3.09. The third kappa shape index (κ3) is 3.40. The molecule has 1 fully saturated rings. The van der Waals surface area contributed by atoms with Crippen LogP contribution in [0, 0.1) is 5.92 Å². The van der Waals surface area contributed by atoms with E-state index in [9.17, 15) is 13.2 Å². The molecule has 1 atom stereocenters. The maximum absolute atomic E-state index is 12.3. The van der Waals surface area contributed by atoms with Crippen LogP contribution in [-0.2, 0) is 16.6 Å². The Morgan fingerprint density at radius 2 is 2.20 bits per heavy atom. The minimum Gasteiger partial charge on any atom is -0.348 e. The number of aromatic nitrogens is 1. The molecule has 1 unspecified atom stereocenters. The van der Waals surface area contributed by atoms with E-state index < -0.39 is 10.0 Å². The van der Waals surface area contributed by atoms with Gasteiger partial charge in [0, 0.05) is 18.8 Å². The highest BCUT2D eigenvalue weighted by molar-refractivity contribution is 7.89. The zero-order valence-electron chi connectivity index (χ0n) is 11.8. The van der Waals surface area contributed by atoms with Crippen molar-refractivity contribution in [3.63, 3.8) is 0 Å². The van der Waals surface area contributed by atoms with Gasteiger partial charge in [0.2, 0.25) is 10.0 Å². The highest BCUT2D eigenvalue weighted by atomic mass is 32.2. The van der Waals surface area contributed by atoms with E-state index in [1.54, 1.807) is 4.57 Å². The number of carbonyl (C=O) groups excluding carboxylic acids is 1. The molecule has 0 bridgehead atoms. The number of carbonyl (C=O) groups is 1. The first-order valence-electron chi connectivity index (χ1n) is 6.86. The molecule has 2 rings (SSSR count). The third-order valence-electron chi connectivity index (χ3n) is 3.59. The summed E-state index contributed by atoms with van der Waals surface area (Å²) in [6.07, 6.45) is 4.51. The Balaban J connectivity index is 2.23. The van der Waals surface area contributed by atoms with E-state index in [4.69, 9.17) is 5.14 Å². The predicted molar refractivity (Wildman–Crippen MR) is 75.7 cm³/mol. The largest absolute Gasteiger partial charge is 0.348 e. The van der Waals surface area contributed by atoms with E-state index >= 15 is 0 Å². The minimum absolute atomic E-state index is 0.0184. The monoisotopic (exact) mass is 299 g/mol. The molecule has 1 aromatic heterocycles. The van der Waals surface area contributed by atoms with Crippen LogP contribution < -0.4 is 10.5 Å². The van der Waals surface area contributed by atoms with Gasteiger partial charge in [-0.2, -0.15) is 0 Å². The van der Waals surface area contributed by atoms with Crippen LogP contribution in [0.4, 0.5) is 0 Å². The summed E-state index contributed by atoms with van der Waals surface area (Å²) in [6.45, 7) is 4.52. The highest BCUT2D eigenvalue weighted by Crippen LogP contribution is 2.32. The van der Waals surface area contributed by atoms with Gasteiger partial charge in [0.05, 0.1) is 0 Å². The first kappa shape index (κ1) is 15.1. The van der Waals surface area contributed by atoms with Gasteiger partial charge < -0.3 is 9.88 Å². The molecule has 1 aromatic rings. The molecule has 0 spiro atoms. The van der Waals surface area contributed by atoms with E-state index in [1.807, 2.05) is 13.8 Å². The molecule has 1 aliphatic carbocycles. The van der Waals surface area contributed by atoms with Crippen LogP contribution in [0.15, 0.2) is 17.2 Å². The van der Waals surface area contributed by atoms with Crippen LogP contribution in [0.5, 0.6) is 0 Å². The molecule has 112 valence electrons. The molecule has 20 heavy (non-hydrogen) atoms. The standard InChI is InChI=1S/C13H21N3O3S/c1-3-6-16-8-11(20(14,18)19)7-12(16)13(17)15-9(2)10-4-5-10/h7-10H,3-6H2,1-2H3,(H,15,17)(H2,14,18,19). The Kier molecular flexibility index (Phi) is 4.19. The molecule has 0 radical (unpaired) electrons. The topological polar surface area (TPSA) is 94.2 Å². The normalized spacial score (nSPS) is 16.9. The lowest BCUT2D eigenvalue weighted by molar-refractivity contribution is 0.0926. The van der Waals surface area contributed by atoms with E-state index in [2.05, 4.69) is 5.32 Å². The summed E-state index contributed by atoms with van der Waals surface area (Å²) < 4.78 is 24.4. The molecule has 1 aliphatic rings. The van der Waals surface area contributed by atoms with E-state index in [0.29, 0.717) is 18.2 Å². The summed E-state index contributed by atoms with van der Waals surface area (Å²) in [5.41, 5.74) is 0.350. The fourth-order valence-electron chi connectivity index (χ4n) is 2.25. The number of sulfonamides is 1. The van der Waals surface area contributed by atoms with Crippen molar-refractivity contribution in [2.45, 2.75) is 50.6 Å². The molecule has 3 N–H and O–H groups in total. The summed E-state index contributed by atoms with van der Waals surface area (Å²) >= 11 is 0. The number of hydrogen-bond donors (Lipinski definition) is 2. The van der Waals surface area contributed by atoms with Gasteiger partial charge in [0.1, 0.15) is 10.6 Å². The van der Waals surface area contributed by atoms with Gasteiger partial charge in [0.25, 0.3) is 5.91 Å². The van der Waals surface area contributed by atoms with Crippen LogP contribution in [-0.4, -0.2) is 24.9 Å². The quantitative estimate of drug-likeness (QED) is 0.822. The van der Waals surface area contributed by atoms with Gasteiger partial charge in [-0.15, -0.1) is 0 Å². The number of rotatable bonds is 6. The molecule has 1 heterocycles. The second-order valence-electron chi connectivity index (χ2n) is 5.40. The second kappa shape index (κ2) is 5.57. The number of amides is 1. The van der Waals surface area contributed by atoms with Crippen LogP contribution in [0.1, 0.15) is 43.6 Å². The minimum atomic E-state index is -3.79. The zero-order valence-corrected chi connectivity index (χ0v) is 12.6. The van der Waals surface area contributed by atoms with Crippen LogP contribution in [0.3, 0.4) is 0 Å². The summed E-state index contributed by atoms with van der Waals surface area (Å²) in [7, 11) is -3.79. The first-order chi connectivity index (χ1) is 9.32. The number of nitrogens with one attached hydrogen (secondary N) is 1. The summed E-state index contributed by atoms with van der Waals surface area (Å²) in [5, 5.41) is 8.05. The van der Waals surface area contributed by atoms with Crippen LogP contribution in [0.25, 0.3) is 0 Å². The molecule has 6 nitrogen and oxygen atoms in total. The summed E-state index contributed by atoms with van der Waals surface area (Å²) in [5.74, 6) is 0.305. The van der Waals surface area contributed by atoms with Gasteiger partial charge in [-0.05, 0) is 38.2 Å². The smallest absolute Gasteiger partial charge is 0.268 e. The van der Waals surface area contributed by atoms with Crippen molar-refractivity contribution in [2.24, 2.45) is 11.1 Å². The van der Waals surface area contributed by atoms with Crippen molar-refractivity contribution in [3.05, 3.63) is 18.0 Å². The highest BCUT2D eigenvalue weighted by Gasteiger charge is 2.30. The fraction of sp³-hybridized carbons (Fsp3) is 0.615. The third-order valence-corrected chi connectivity index (χ3v) is 4.47. The van der Waals surface area contributed by atoms with Crippen molar-refractivity contribution in [3.8, 4) is 0 Å². The SMILES string of the molecule is CCCn1cc(S(N)(=O)=O)cc1C(=O)NC(C)C1CC1. The summed E-state index contributed by atoms with van der Waals surface area (Å²) in [4.78, 5) is 12.2. The van der Waals surface area contributed by atoms with E-state index in [-0.39, 0.29) is 16.8 Å². The van der Waals surface area contributed by atoms with Gasteiger partial charge in [-0.1, -0.05) is 6.92 Å². The van der Waals surface area contributed by atoms with E-state index in [0.717, 1.165) is 19.3 Å². The molecule has 1 saturated carbocycles. The van der Waals surface area contributed by atoms with Gasteiger partial charge >= 0.3 is 0 Å². The molecule has 0 aliphatic heterocycles. The molecule has 1 amide bonds. The lowest BCUT2D eigenvalue weighted by Gasteiger charge is -2.14. The Morgan fingerprint density at radius 1 is 1.55 bits per heavy atom. The van der Waals surface area contributed by atoms with Crippen molar-refractivity contribution in [2.75, 3.05) is 0 Å². The molecule has 0 aromatic carbocycles. The van der Waals surface area contributed by atoms with Crippen LogP contribution in [0.2, 0.25) is 0 Å². The van der Waals surface area contributed by atoms with E-state index in [1.165, 1.54) is 12.3 Å². The number of hydrogen-bond acceptors (Lipinski definition) is 3. The molecular weight excluding hydrogens is 278 g/mol. The number of aryl methyl sites for hydroxylation is 1. The molecule has 7 heteroatoms. The van der Waals surface area contributed by atoms with Gasteiger partial charge in [-0.25, -0.2) is 13.6 Å². The maximum atomic E-state index is 12.3. The van der Waals surface area contributed by atoms with Crippen molar-refractivity contribution in [1.29, 1.82) is 0 Å². The average molecular weight is 299 g/mol. The predicted octanol–water partition coefficient (Wildman–Crippen LogP) is 1.07. The van der Waals surface area contributed by atoms with Gasteiger partial charge in [0.15, 0.2) is 0 Å². The van der Waals surface area contributed by atoms with Crippen molar-refractivity contribution in [1.82, 2.24) is 9.88 Å². The number of primary sulfonamides is 1. The lowest BCUT2D eigenvalue weighted by atomic mass is 10.2. The number of nitrogens with zero attached hydrogens (tertiary/aromatic N) is 1.